The molecule has 298 valence electrons. The summed E-state index contributed by atoms with van der Waals surface area (Å²) in [5, 5.41) is 6.21. The van der Waals surface area contributed by atoms with E-state index in [-0.39, 0.29) is 11.5 Å². The number of thiophene rings is 1. The molecular formula is C58H50N2S. The van der Waals surface area contributed by atoms with Gasteiger partial charge in [-0.2, -0.15) is 0 Å². The minimum atomic E-state index is -0.0497. The van der Waals surface area contributed by atoms with Crippen LogP contribution in [0.2, 0.25) is 0 Å². The van der Waals surface area contributed by atoms with E-state index in [2.05, 4.69) is 163 Å². The van der Waals surface area contributed by atoms with Gasteiger partial charge >= 0.3 is 0 Å². The summed E-state index contributed by atoms with van der Waals surface area (Å²) in [5.41, 5.74) is 18.8. The van der Waals surface area contributed by atoms with E-state index in [1.165, 1.54) is 118 Å². The number of nitrogens with one attached hydrogen (secondary N) is 1. The third-order valence-corrected chi connectivity index (χ3v) is 17.0. The molecule has 2 spiro atoms. The van der Waals surface area contributed by atoms with Gasteiger partial charge in [0.25, 0.3) is 0 Å². The lowest BCUT2D eigenvalue weighted by Crippen LogP contribution is -2.35. The van der Waals surface area contributed by atoms with Crippen LogP contribution in [0.15, 0.2) is 168 Å². The van der Waals surface area contributed by atoms with Crippen LogP contribution in [0.3, 0.4) is 0 Å². The van der Waals surface area contributed by atoms with Gasteiger partial charge in [-0.25, -0.2) is 0 Å². The largest absolute Gasteiger partial charge is 0.331 e. The van der Waals surface area contributed by atoms with E-state index in [0.29, 0.717) is 17.3 Å². The predicted octanol–water partition coefficient (Wildman–Crippen LogP) is 15.4. The highest BCUT2D eigenvalue weighted by atomic mass is 32.1. The summed E-state index contributed by atoms with van der Waals surface area (Å²) in [6.07, 6.45) is 19.0. The first-order valence-electron chi connectivity index (χ1n) is 23.0. The van der Waals surface area contributed by atoms with Gasteiger partial charge in [-0.15, -0.1) is 11.3 Å². The average Bonchev–Trinajstić information content (AvgIpc) is 3.93. The van der Waals surface area contributed by atoms with Crippen LogP contribution in [0.25, 0.3) is 37.9 Å². The van der Waals surface area contributed by atoms with Crippen molar-refractivity contribution in [1.82, 2.24) is 0 Å². The first-order chi connectivity index (χ1) is 30.2. The van der Waals surface area contributed by atoms with E-state index in [1.54, 1.807) is 27.8 Å². The first-order valence-corrected chi connectivity index (χ1v) is 23.8. The lowest BCUT2D eigenvalue weighted by atomic mass is 9.61. The molecule has 61 heavy (non-hydrogen) atoms. The van der Waals surface area contributed by atoms with E-state index in [9.17, 15) is 0 Å². The Hall–Kier alpha value is -5.77. The zero-order chi connectivity index (χ0) is 40.1. The fourth-order valence-electron chi connectivity index (χ4n) is 13.0. The van der Waals surface area contributed by atoms with Crippen LogP contribution >= 0.6 is 11.3 Å². The molecule has 2 saturated carbocycles. The van der Waals surface area contributed by atoms with Crippen LogP contribution in [0.4, 0.5) is 5.00 Å². The Balaban J connectivity index is 0.813. The third-order valence-electron chi connectivity index (χ3n) is 15.9. The molecule has 3 unspecified atom stereocenters. The third kappa shape index (κ3) is 5.42. The van der Waals surface area contributed by atoms with Crippen LogP contribution in [0.5, 0.6) is 0 Å². The van der Waals surface area contributed by atoms with Crippen LogP contribution in [-0.4, -0.2) is 5.84 Å². The number of allylic oxidation sites excluding steroid dienone is 4. The molecule has 1 aliphatic heterocycles. The molecule has 0 bridgehead atoms. The number of aliphatic imine (C=N–C) groups is 1. The number of amidine groups is 1. The normalized spacial score (nSPS) is 22.6. The summed E-state index contributed by atoms with van der Waals surface area (Å²) >= 11 is 1.82. The van der Waals surface area contributed by atoms with Crippen molar-refractivity contribution >= 4 is 37.8 Å². The molecule has 6 aromatic carbocycles. The standard InChI is InChI=1S/C58H50N2S/c1-4-14-40(15-5-1)54-53-45-17-7-9-19-52(45)61-56(53)60-55(59-54)41-26-24-38(25-27-41)37-20-22-39(23-21-37)42-28-29-44-47-36-50-46(35-51(47)58(49(44)34-42)32-12-3-13-33-58)43-16-6-8-18-48(43)57(50)30-10-2-11-31-57/h1,4-9,14-29,34-36,46,50,54H,2-3,10-13,30-33H2,(H,59,60). The van der Waals surface area contributed by atoms with E-state index >= 15 is 0 Å². The maximum Gasteiger partial charge on any atom is 0.134 e. The number of hydrogen-bond acceptors (Lipinski definition) is 3. The van der Waals surface area contributed by atoms with Gasteiger partial charge in [0, 0.05) is 38.0 Å². The van der Waals surface area contributed by atoms with Crippen LogP contribution in [0, 0.1) is 5.92 Å². The monoisotopic (exact) mass is 806 g/mol. The van der Waals surface area contributed by atoms with Gasteiger partial charge in [-0.3, -0.25) is 4.99 Å². The molecule has 3 atom stereocenters. The summed E-state index contributed by atoms with van der Waals surface area (Å²) < 4.78 is 1.29. The predicted molar refractivity (Wildman–Crippen MR) is 256 cm³/mol. The Labute approximate surface area is 363 Å². The van der Waals surface area contributed by atoms with Gasteiger partial charge in [0.1, 0.15) is 16.9 Å². The smallest absolute Gasteiger partial charge is 0.134 e. The number of benzene rings is 6. The Morgan fingerprint density at radius 1 is 0.557 bits per heavy atom. The molecule has 2 fully saturated rings. The molecule has 0 amide bonds. The zero-order valence-corrected chi connectivity index (χ0v) is 35.5. The second-order valence-corrected chi connectivity index (χ2v) is 19.9. The van der Waals surface area contributed by atoms with Gasteiger partial charge in [-0.1, -0.05) is 184 Å². The Kier molecular flexibility index (Phi) is 8.17. The van der Waals surface area contributed by atoms with Crippen molar-refractivity contribution in [2.24, 2.45) is 10.9 Å². The number of anilines is 1. The highest BCUT2D eigenvalue weighted by molar-refractivity contribution is 7.23. The molecular weight excluding hydrogens is 757 g/mol. The van der Waals surface area contributed by atoms with Gasteiger partial charge in [-0.05, 0) is 105 Å². The van der Waals surface area contributed by atoms with Gasteiger partial charge in [0.2, 0.25) is 0 Å². The fraction of sp³-hybridized carbons (Fsp3) is 0.259. The Bertz CT molecular complexity index is 2950. The second kappa shape index (κ2) is 13.9. The summed E-state index contributed by atoms with van der Waals surface area (Å²) in [7, 11) is 0. The maximum atomic E-state index is 5.36. The fourth-order valence-corrected chi connectivity index (χ4v) is 14.2. The van der Waals surface area contributed by atoms with E-state index < -0.39 is 0 Å². The number of hydrogen-bond donors (Lipinski definition) is 1. The topological polar surface area (TPSA) is 24.4 Å². The van der Waals surface area contributed by atoms with Crippen molar-refractivity contribution in [3.63, 3.8) is 0 Å². The van der Waals surface area contributed by atoms with Gasteiger partial charge in [0.05, 0.1) is 0 Å². The highest BCUT2D eigenvalue weighted by Gasteiger charge is 2.55. The van der Waals surface area contributed by atoms with Crippen molar-refractivity contribution in [3.8, 4) is 22.3 Å². The molecule has 1 aromatic heterocycles. The molecule has 0 saturated heterocycles. The van der Waals surface area contributed by atoms with Crippen LogP contribution in [0.1, 0.15) is 115 Å². The molecule has 2 nitrogen and oxygen atoms in total. The van der Waals surface area contributed by atoms with Crippen molar-refractivity contribution < 1.29 is 0 Å². The lowest BCUT2D eigenvalue weighted by molar-refractivity contribution is 0.232. The van der Waals surface area contributed by atoms with E-state index in [1.807, 2.05) is 11.3 Å². The summed E-state index contributed by atoms with van der Waals surface area (Å²) in [6, 6.07) is 54.7. The molecule has 0 radical (unpaired) electrons. The molecule has 3 heteroatoms. The minimum Gasteiger partial charge on any atom is -0.331 e. The van der Waals surface area contributed by atoms with Crippen molar-refractivity contribution in [2.75, 3.05) is 5.32 Å². The molecule has 6 aliphatic rings. The highest BCUT2D eigenvalue weighted by Crippen LogP contribution is 2.66. The number of nitrogens with zero attached hydrogens (tertiary/aromatic N) is 1. The van der Waals surface area contributed by atoms with Gasteiger partial charge in [0.15, 0.2) is 0 Å². The average molecular weight is 807 g/mol. The van der Waals surface area contributed by atoms with Gasteiger partial charge < -0.3 is 5.32 Å². The van der Waals surface area contributed by atoms with E-state index in [0.717, 1.165) is 11.4 Å². The van der Waals surface area contributed by atoms with Crippen molar-refractivity contribution in [3.05, 3.63) is 202 Å². The van der Waals surface area contributed by atoms with Crippen LogP contribution < -0.4 is 5.32 Å². The van der Waals surface area contributed by atoms with Crippen molar-refractivity contribution in [1.29, 1.82) is 0 Å². The molecule has 5 aliphatic carbocycles. The number of fused-ring (bicyclic) bond motifs is 13. The Morgan fingerprint density at radius 3 is 1.97 bits per heavy atom. The summed E-state index contributed by atoms with van der Waals surface area (Å²) in [5.74, 6) is 2.01. The molecule has 2 heterocycles. The maximum absolute atomic E-state index is 5.36. The molecule has 13 rings (SSSR count). The van der Waals surface area contributed by atoms with Crippen molar-refractivity contribution in [2.45, 2.75) is 87.0 Å². The Morgan fingerprint density at radius 2 is 1.20 bits per heavy atom. The minimum absolute atomic E-state index is 0.0497. The SMILES string of the molecule is C1=C2C(=CC3c4ccccc4C4(CCCCC4)C13)C1(CCCCC1)c1cc(-c3ccc(-c4ccc(C5=NC(c6ccccc6)c6c(sc7ccccc67)N5)cc4)cc3)ccc12. The second-order valence-electron chi connectivity index (χ2n) is 18.8. The summed E-state index contributed by atoms with van der Waals surface area (Å²) in [6.45, 7) is 0. The van der Waals surface area contributed by atoms with E-state index in [4.69, 9.17) is 4.99 Å². The first kappa shape index (κ1) is 35.9. The molecule has 1 N–H and O–H groups in total. The quantitative estimate of drug-likeness (QED) is 0.188. The summed E-state index contributed by atoms with van der Waals surface area (Å²) in [4.78, 5) is 5.36. The zero-order valence-electron chi connectivity index (χ0n) is 34.7. The lowest BCUT2D eigenvalue weighted by Gasteiger charge is -2.43. The number of rotatable bonds is 4. The molecule has 7 aromatic rings. The van der Waals surface area contributed by atoms with Crippen LogP contribution in [-0.2, 0) is 10.8 Å².